The van der Waals surface area contributed by atoms with E-state index >= 15 is 0 Å². The smallest absolute Gasteiger partial charge is 0.235 e. The first kappa shape index (κ1) is 27.6. The molecule has 0 spiro atoms. The molecule has 0 amide bonds. The topological polar surface area (TPSA) is 102 Å². The molecule has 0 aromatic heterocycles. The Labute approximate surface area is 228 Å². The van der Waals surface area contributed by atoms with E-state index in [2.05, 4.69) is 9.44 Å². The van der Waals surface area contributed by atoms with Crippen LogP contribution in [0, 0.1) is 22.1 Å². The number of anilines is 2. The third-order valence-electron chi connectivity index (χ3n) is 5.90. The van der Waals surface area contributed by atoms with Gasteiger partial charge in [0.25, 0.3) is 0 Å². The highest BCUT2D eigenvalue weighted by atomic mass is 127. The van der Waals surface area contributed by atoms with Crippen molar-refractivity contribution in [1.29, 1.82) is 0 Å². The highest BCUT2D eigenvalue weighted by Gasteiger charge is 2.37. The van der Waals surface area contributed by atoms with Gasteiger partial charge in [0, 0.05) is 21.6 Å². The van der Waals surface area contributed by atoms with Crippen LogP contribution in [0.2, 0.25) is 0 Å². The fraction of sp³-hybridized carbons (Fsp3) is 0.280. The fourth-order valence-electron chi connectivity index (χ4n) is 3.64. The van der Waals surface area contributed by atoms with Gasteiger partial charge in [-0.05, 0) is 90.7 Å². The normalized spacial score (nSPS) is 13.9. The van der Waals surface area contributed by atoms with Gasteiger partial charge in [0.2, 0.25) is 20.0 Å². The highest BCUT2D eigenvalue weighted by Crippen LogP contribution is 2.40. The molecule has 1 fully saturated rings. The summed E-state index contributed by atoms with van der Waals surface area (Å²) in [5.41, 5.74) is 1.16. The monoisotopic (exact) mass is 662 g/mol. The van der Waals surface area contributed by atoms with Gasteiger partial charge in [-0.1, -0.05) is 12.1 Å². The second kappa shape index (κ2) is 10.7. The summed E-state index contributed by atoms with van der Waals surface area (Å²) in [4.78, 5) is 0. The van der Waals surface area contributed by atoms with Crippen molar-refractivity contribution in [2.45, 2.75) is 38.4 Å². The largest absolute Gasteiger partial charge is 0.455 e. The van der Waals surface area contributed by atoms with Crippen molar-refractivity contribution in [3.63, 3.8) is 0 Å². The molecule has 0 radical (unpaired) electrons. The van der Waals surface area contributed by atoms with Crippen LogP contribution in [0.15, 0.2) is 48.5 Å². The predicted octanol–water partition coefficient (Wildman–Crippen LogP) is 5.93. The van der Waals surface area contributed by atoms with E-state index in [0.29, 0.717) is 22.0 Å². The summed E-state index contributed by atoms with van der Waals surface area (Å²) in [6.07, 6.45) is 0.924. The fourth-order valence-corrected chi connectivity index (χ4v) is 6.23. The second-order valence-electron chi connectivity index (χ2n) is 8.73. The molecule has 3 aromatic rings. The van der Waals surface area contributed by atoms with Crippen LogP contribution < -0.4 is 14.2 Å². The van der Waals surface area contributed by atoms with E-state index in [-0.39, 0.29) is 46.2 Å². The number of sulfonamides is 2. The van der Waals surface area contributed by atoms with Gasteiger partial charge in [-0.2, -0.15) is 0 Å². The van der Waals surface area contributed by atoms with Gasteiger partial charge in [0.1, 0.15) is 17.4 Å². The molecule has 1 aliphatic rings. The number of hydrogen-bond donors (Lipinski definition) is 2. The van der Waals surface area contributed by atoms with Gasteiger partial charge in [-0.25, -0.2) is 25.6 Å². The number of hydrogen-bond acceptors (Lipinski definition) is 5. The number of nitrogens with one attached hydrogen (secondary N) is 2. The molecule has 37 heavy (non-hydrogen) atoms. The Morgan fingerprint density at radius 1 is 0.973 bits per heavy atom. The summed E-state index contributed by atoms with van der Waals surface area (Å²) < 4.78 is 91.0. The minimum Gasteiger partial charge on any atom is -0.455 e. The van der Waals surface area contributed by atoms with Crippen LogP contribution >= 0.6 is 22.6 Å². The van der Waals surface area contributed by atoms with Crippen LogP contribution in [0.5, 0.6) is 11.5 Å². The Kier molecular flexibility index (Phi) is 8.00. The van der Waals surface area contributed by atoms with Crippen LogP contribution in [-0.2, 0) is 26.5 Å². The van der Waals surface area contributed by atoms with Crippen molar-refractivity contribution >= 4 is 54.0 Å². The third-order valence-corrected chi connectivity index (χ3v) is 9.70. The first-order valence-electron chi connectivity index (χ1n) is 11.4. The van der Waals surface area contributed by atoms with E-state index in [1.54, 1.807) is 37.3 Å². The summed E-state index contributed by atoms with van der Waals surface area (Å²) in [7, 11) is -7.35. The zero-order valence-electron chi connectivity index (χ0n) is 20.0. The van der Waals surface area contributed by atoms with Gasteiger partial charge in [0.15, 0.2) is 5.75 Å². The number of ether oxygens (including phenoxy) is 1. The zero-order chi connectivity index (χ0) is 27.0. The van der Waals surface area contributed by atoms with Crippen LogP contribution in [0.3, 0.4) is 0 Å². The lowest BCUT2D eigenvalue weighted by Crippen LogP contribution is -2.19. The minimum absolute atomic E-state index is 0.00481. The molecule has 0 bridgehead atoms. The van der Waals surface area contributed by atoms with Crippen molar-refractivity contribution in [3.8, 4) is 11.5 Å². The van der Waals surface area contributed by atoms with E-state index in [0.717, 1.165) is 12.1 Å². The van der Waals surface area contributed by atoms with Crippen molar-refractivity contribution in [1.82, 2.24) is 0 Å². The van der Waals surface area contributed by atoms with Gasteiger partial charge in [-0.3, -0.25) is 9.44 Å². The molecular weight excluding hydrogens is 637 g/mol. The predicted molar refractivity (Wildman–Crippen MR) is 148 cm³/mol. The molecule has 4 rings (SSSR count). The first-order valence-corrected chi connectivity index (χ1v) is 15.7. The SMILES string of the molecule is CCS(=O)(=O)Nc1cccc(Oc2cc(F)cc(Cc3ccc(I)cc3F)c2NS(=O)(=O)C2CC2)c1C. The van der Waals surface area contributed by atoms with E-state index in [9.17, 15) is 25.6 Å². The Balaban J connectivity index is 1.79. The molecule has 0 heterocycles. The molecule has 12 heteroatoms. The standard InChI is InChI=1S/C25H25F2IN2O5S2/c1-3-36(31,32)29-22-5-4-6-23(15(22)2)35-24-13-18(26)12-17(11-16-7-8-19(28)14-21(16)27)25(24)30-37(33,34)20-9-10-20/h4-8,12-14,20,29-30H,3,9-11H2,1-2H3. The molecular formula is C25H25F2IN2O5S2. The van der Waals surface area contributed by atoms with Gasteiger partial charge in [-0.15, -0.1) is 0 Å². The summed E-state index contributed by atoms with van der Waals surface area (Å²) >= 11 is 1.98. The summed E-state index contributed by atoms with van der Waals surface area (Å²) in [6, 6.07) is 11.5. The van der Waals surface area contributed by atoms with Crippen LogP contribution in [0.1, 0.15) is 36.5 Å². The van der Waals surface area contributed by atoms with Crippen LogP contribution in [0.4, 0.5) is 20.2 Å². The lowest BCUT2D eigenvalue weighted by atomic mass is 10.0. The zero-order valence-corrected chi connectivity index (χ0v) is 23.8. The number of halogens is 3. The average Bonchev–Trinajstić information content (AvgIpc) is 3.67. The Morgan fingerprint density at radius 3 is 2.35 bits per heavy atom. The molecule has 1 aliphatic carbocycles. The maximum absolute atomic E-state index is 14.8. The van der Waals surface area contributed by atoms with Crippen molar-refractivity contribution in [2.75, 3.05) is 15.2 Å². The van der Waals surface area contributed by atoms with Gasteiger partial charge in [0.05, 0.1) is 22.4 Å². The van der Waals surface area contributed by atoms with E-state index < -0.39 is 36.9 Å². The molecule has 1 saturated carbocycles. The maximum atomic E-state index is 14.8. The van der Waals surface area contributed by atoms with E-state index in [4.69, 9.17) is 4.74 Å². The summed E-state index contributed by atoms with van der Waals surface area (Å²) in [5, 5.41) is -0.568. The Bertz CT molecular complexity index is 1560. The third kappa shape index (κ3) is 6.71. The first-order chi connectivity index (χ1) is 17.4. The number of rotatable bonds is 10. The lowest BCUT2D eigenvalue weighted by Gasteiger charge is -2.19. The summed E-state index contributed by atoms with van der Waals surface area (Å²) in [6.45, 7) is 3.12. The quantitative estimate of drug-likeness (QED) is 0.263. The Hall–Kier alpha value is -2.45. The molecule has 7 nitrogen and oxygen atoms in total. The van der Waals surface area contributed by atoms with Gasteiger partial charge >= 0.3 is 0 Å². The van der Waals surface area contributed by atoms with Crippen molar-refractivity contribution in [3.05, 3.63) is 80.4 Å². The van der Waals surface area contributed by atoms with Crippen LogP contribution in [-0.4, -0.2) is 27.8 Å². The molecule has 198 valence electrons. The molecule has 0 atom stereocenters. The molecule has 3 aromatic carbocycles. The van der Waals surface area contributed by atoms with Crippen molar-refractivity contribution in [2.24, 2.45) is 0 Å². The molecule has 0 aliphatic heterocycles. The lowest BCUT2D eigenvalue weighted by molar-refractivity contribution is 0.475. The maximum Gasteiger partial charge on any atom is 0.235 e. The highest BCUT2D eigenvalue weighted by molar-refractivity contribution is 14.1. The van der Waals surface area contributed by atoms with Crippen LogP contribution in [0.25, 0.3) is 0 Å². The molecule has 0 saturated heterocycles. The minimum atomic E-state index is -3.78. The molecule has 0 unspecified atom stereocenters. The van der Waals surface area contributed by atoms with E-state index in [1.165, 1.54) is 13.0 Å². The summed E-state index contributed by atoms with van der Waals surface area (Å²) in [5.74, 6) is -1.26. The Morgan fingerprint density at radius 2 is 1.70 bits per heavy atom. The second-order valence-corrected chi connectivity index (χ2v) is 14.0. The van der Waals surface area contributed by atoms with E-state index in [1.807, 2.05) is 22.6 Å². The van der Waals surface area contributed by atoms with Gasteiger partial charge < -0.3 is 4.74 Å². The number of benzene rings is 3. The van der Waals surface area contributed by atoms with Crippen molar-refractivity contribution < 1.29 is 30.4 Å². The average molecular weight is 663 g/mol. The molecule has 2 N–H and O–H groups in total.